The summed E-state index contributed by atoms with van der Waals surface area (Å²) in [6, 6.07) is -0.516. The fourth-order valence-corrected chi connectivity index (χ4v) is 2.42. The molecule has 0 spiro atoms. The number of carbonyl (C=O) groups excluding carboxylic acids is 2. The van der Waals surface area contributed by atoms with Gasteiger partial charge in [-0.05, 0) is 33.1 Å². The van der Waals surface area contributed by atoms with Crippen LogP contribution in [0.4, 0.5) is 0 Å². The van der Waals surface area contributed by atoms with Crippen LogP contribution in [0.2, 0.25) is 0 Å². The van der Waals surface area contributed by atoms with E-state index in [1.54, 1.807) is 25.7 Å². The number of piperazine rings is 1. The van der Waals surface area contributed by atoms with Gasteiger partial charge in [-0.25, -0.2) is 0 Å². The molecule has 19 heavy (non-hydrogen) atoms. The van der Waals surface area contributed by atoms with Gasteiger partial charge in [0.25, 0.3) is 0 Å². The van der Waals surface area contributed by atoms with Gasteiger partial charge in [0, 0.05) is 0 Å². The molecular formula is C15H24N2O2. The van der Waals surface area contributed by atoms with Crippen LogP contribution < -0.4 is 5.32 Å². The Bertz CT molecular complexity index is 434. The van der Waals surface area contributed by atoms with Crippen molar-refractivity contribution in [2.24, 2.45) is 5.92 Å². The topological polar surface area (TPSA) is 49.4 Å². The molecule has 1 rings (SSSR count). The monoisotopic (exact) mass is 264 g/mol. The molecule has 2 amide bonds. The Morgan fingerprint density at radius 2 is 2.00 bits per heavy atom. The molecule has 2 unspecified atom stereocenters. The number of nitrogens with zero attached hydrogens (tertiary/aromatic N) is 1. The summed E-state index contributed by atoms with van der Waals surface area (Å²) in [5.74, 6) is 2.42. The van der Waals surface area contributed by atoms with Crippen molar-refractivity contribution in [3.63, 3.8) is 0 Å². The number of hydrogen-bond acceptors (Lipinski definition) is 2. The first-order chi connectivity index (χ1) is 8.60. The lowest BCUT2D eigenvalue weighted by Gasteiger charge is -2.50. The van der Waals surface area contributed by atoms with Gasteiger partial charge < -0.3 is 10.2 Å². The van der Waals surface area contributed by atoms with E-state index in [4.69, 9.17) is 6.42 Å². The molecule has 1 saturated heterocycles. The van der Waals surface area contributed by atoms with E-state index in [-0.39, 0.29) is 17.7 Å². The smallest absolute Gasteiger partial charge is 0.249 e. The predicted octanol–water partition coefficient (Wildman–Crippen LogP) is 1.55. The lowest BCUT2D eigenvalue weighted by molar-refractivity contribution is -0.161. The first-order valence-electron chi connectivity index (χ1n) is 6.74. The minimum Gasteiger partial charge on any atom is -0.340 e. The number of rotatable bonds is 3. The fraction of sp³-hybridized carbons (Fsp3) is 0.733. The van der Waals surface area contributed by atoms with Gasteiger partial charge in [-0.15, -0.1) is 6.42 Å². The summed E-state index contributed by atoms with van der Waals surface area (Å²) in [5, 5.41) is 2.85. The average molecular weight is 264 g/mol. The fourth-order valence-electron chi connectivity index (χ4n) is 2.42. The molecule has 1 N–H and O–H groups in total. The van der Waals surface area contributed by atoms with Crippen LogP contribution >= 0.6 is 0 Å². The van der Waals surface area contributed by atoms with Crippen molar-refractivity contribution in [3.8, 4) is 12.3 Å². The normalized spacial score (nSPS) is 28.3. The van der Waals surface area contributed by atoms with E-state index >= 15 is 0 Å². The zero-order valence-corrected chi connectivity index (χ0v) is 12.7. The van der Waals surface area contributed by atoms with Crippen molar-refractivity contribution in [2.45, 2.75) is 65.1 Å². The van der Waals surface area contributed by atoms with Gasteiger partial charge in [-0.1, -0.05) is 26.7 Å². The maximum atomic E-state index is 12.8. The summed E-state index contributed by atoms with van der Waals surface area (Å²) >= 11 is 0. The van der Waals surface area contributed by atoms with Gasteiger partial charge in [0.05, 0.1) is 5.54 Å². The third kappa shape index (κ3) is 2.47. The standard InChI is InChI=1S/C15H24N2O2/c1-8-14(5,6)17-11(10(3)4)12(18)16-15(7,9-2)13(17)19/h1,10-11H,9H2,2-7H3,(H,16,18). The van der Waals surface area contributed by atoms with E-state index in [2.05, 4.69) is 11.2 Å². The number of terminal acetylenes is 1. The summed E-state index contributed by atoms with van der Waals surface area (Å²) < 4.78 is 0. The quantitative estimate of drug-likeness (QED) is 0.786. The molecule has 1 aliphatic heterocycles. The second-order valence-corrected chi connectivity index (χ2v) is 6.24. The summed E-state index contributed by atoms with van der Waals surface area (Å²) in [5.41, 5.74) is -1.64. The molecule has 0 saturated carbocycles. The molecule has 0 bridgehead atoms. The van der Waals surface area contributed by atoms with Crippen LogP contribution in [0.15, 0.2) is 0 Å². The average Bonchev–Trinajstić information content (AvgIpc) is 2.32. The Kier molecular flexibility index (Phi) is 4.00. The third-order valence-electron chi connectivity index (χ3n) is 3.93. The molecule has 1 fully saturated rings. The highest BCUT2D eigenvalue weighted by molar-refractivity contribution is 6.00. The van der Waals surface area contributed by atoms with Gasteiger partial charge >= 0.3 is 0 Å². The van der Waals surface area contributed by atoms with Gasteiger partial charge in [0.1, 0.15) is 11.6 Å². The molecule has 0 aromatic carbocycles. The zero-order valence-electron chi connectivity index (χ0n) is 12.7. The molecule has 1 heterocycles. The predicted molar refractivity (Wildman–Crippen MR) is 75.2 cm³/mol. The lowest BCUT2D eigenvalue weighted by atomic mass is 9.84. The molecule has 106 valence electrons. The van der Waals surface area contributed by atoms with E-state index in [0.29, 0.717) is 6.42 Å². The van der Waals surface area contributed by atoms with E-state index in [1.165, 1.54) is 0 Å². The molecule has 0 aliphatic carbocycles. The lowest BCUT2D eigenvalue weighted by Crippen LogP contribution is -2.73. The second-order valence-electron chi connectivity index (χ2n) is 6.24. The molecule has 4 heteroatoms. The molecule has 1 aliphatic rings. The Labute approximate surface area is 115 Å². The van der Waals surface area contributed by atoms with Crippen LogP contribution in [0, 0.1) is 18.3 Å². The molecule has 0 aromatic rings. The minimum absolute atomic E-state index is 0.0120. The number of hydrogen-bond donors (Lipinski definition) is 1. The van der Waals surface area contributed by atoms with Crippen molar-refractivity contribution in [1.82, 2.24) is 10.2 Å². The number of amides is 2. The molecule has 2 atom stereocenters. The zero-order chi connectivity index (χ0) is 15.0. The van der Waals surface area contributed by atoms with Gasteiger partial charge in [-0.3, -0.25) is 9.59 Å². The highest BCUT2D eigenvalue weighted by Gasteiger charge is 2.52. The molecule has 0 radical (unpaired) electrons. The number of carbonyl (C=O) groups is 2. The van der Waals surface area contributed by atoms with Gasteiger partial charge in [0.2, 0.25) is 11.8 Å². The molecule has 0 aromatic heterocycles. The van der Waals surface area contributed by atoms with Crippen LogP contribution in [0.25, 0.3) is 0 Å². The third-order valence-corrected chi connectivity index (χ3v) is 3.93. The second kappa shape index (κ2) is 4.88. The summed E-state index contributed by atoms with van der Waals surface area (Å²) in [7, 11) is 0. The van der Waals surface area contributed by atoms with E-state index in [0.717, 1.165) is 0 Å². The van der Waals surface area contributed by atoms with E-state index in [9.17, 15) is 9.59 Å². The van der Waals surface area contributed by atoms with Gasteiger partial charge in [-0.2, -0.15) is 0 Å². The maximum Gasteiger partial charge on any atom is 0.249 e. The van der Waals surface area contributed by atoms with Crippen LogP contribution in [-0.4, -0.2) is 33.8 Å². The van der Waals surface area contributed by atoms with Crippen molar-refractivity contribution in [1.29, 1.82) is 0 Å². The summed E-state index contributed by atoms with van der Waals surface area (Å²) in [6.45, 7) is 11.1. The molecular weight excluding hydrogens is 240 g/mol. The van der Waals surface area contributed by atoms with Crippen LogP contribution in [0.1, 0.15) is 48.0 Å². The highest BCUT2D eigenvalue weighted by atomic mass is 16.2. The molecule has 4 nitrogen and oxygen atoms in total. The van der Waals surface area contributed by atoms with Gasteiger partial charge in [0.15, 0.2) is 0 Å². The minimum atomic E-state index is -0.864. The number of nitrogens with one attached hydrogen (secondary N) is 1. The maximum absolute atomic E-state index is 12.8. The van der Waals surface area contributed by atoms with Crippen LogP contribution in [-0.2, 0) is 9.59 Å². The van der Waals surface area contributed by atoms with Crippen LogP contribution in [0.5, 0.6) is 0 Å². The van der Waals surface area contributed by atoms with Crippen molar-refractivity contribution < 1.29 is 9.59 Å². The summed E-state index contributed by atoms with van der Waals surface area (Å²) in [6.07, 6.45) is 6.10. The first-order valence-corrected chi connectivity index (χ1v) is 6.74. The van der Waals surface area contributed by atoms with Crippen molar-refractivity contribution in [2.75, 3.05) is 0 Å². The Balaban J connectivity index is 3.35. The van der Waals surface area contributed by atoms with E-state index < -0.39 is 17.1 Å². The first kappa shape index (κ1) is 15.6. The van der Waals surface area contributed by atoms with E-state index in [1.807, 2.05) is 20.8 Å². The van der Waals surface area contributed by atoms with Crippen molar-refractivity contribution >= 4 is 11.8 Å². The Morgan fingerprint density at radius 1 is 1.47 bits per heavy atom. The SMILES string of the molecule is C#CC(C)(C)N1C(=O)C(C)(CC)NC(=O)C1C(C)C. The Hall–Kier alpha value is -1.50. The van der Waals surface area contributed by atoms with Crippen LogP contribution in [0.3, 0.4) is 0 Å². The summed E-state index contributed by atoms with van der Waals surface area (Å²) in [4.78, 5) is 26.7. The highest BCUT2D eigenvalue weighted by Crippen LogP contribution is 2.31. The van der Waals surface area contributed by atoms with Crippen molar-refractivity contribution in [3.05, 3.63) is 0 Å². The largest absolute Gasteiger partial charge is 0.340 e. The Morgan fingerprint density at radius 3 is 2.37 bits per heavy atom.